The predicted octanol–water partition coefficient (Wildman–Crippen LogP) is 7.55. The molecule has 0 radical (unpaired) electrons. The predicted molar refractivity (Wildman–Crippen MR) is 188 cm³/mol. The first-order valence-electron chi connectivity index (χ1n) is 16.3. The molecule has 0 bridgehead atoms. The fourth-order valence-electron chi connectivity index (χ4n) is 5.28. The average Bonchev–Trinajstić information content (AvgIpc) is 3.12. The maximum atomic E-state index is 13.6. The summed E-state index contributed by atoms with van der Waals surface area (Å²) < 4.78 is 17.2. The molecule has 0 aromatic heterocycles. The van der Waals surface area contributed by atoms with Gasteiger partial charge in [-0.3, -0.25) is 14.5 Å². The van der Waals surface area contributed by atoms with Crippen molar-refractivity contribution in [2.24, 2.45) is 0 Å². The lowest BCUT2D eigenvalue weighted by atomic mass is 10.1. The summed E-state index contributed by atoms with van der Waals surface area (Å²) in [6, 6.07) is 45.4. The first-order valence-corrected chi connectivity index (χ1v) is 16.3. The minimum absolute atomic E-state index is 0.157. The van der Waals surface area contributed by atoms with Crippen LogP contribution < -0.4 is 9.47 Å². The Hall–Kier alpha value is -5.40. The summed E-state index contributed by atoms with van der Waals surface area (Å²) in [5.74, 6) is 0.679. The molecule has 5 aromatic rings. The third-order valence-corrected chi connectivity index (χ3v) is 7.73. The summed E-state index contributed by atoms with van der Waals surface area (Å²) >= 11 is 0. The normalized spacial score (nSPS) is 10.8. The molecule has 1 amide bonds. The molecule has 5 aromatic carbocycles. The molecule has 0 saturated heterocycles. The van der Waals surface area contributed by atoms with Gasteiger partial charge in [0.2, 0.25) is 0 Å². The van der Waals surface area contributed by atoms with Gasteiger partial charge in [-0.25, -0.2) is 0 Å². The number of ether oxygens (including phenoxy) is 3. The summed E-state index contributed by atoms with van der Waals surface area (Å²) in [5.41, 5.74) is 4.91. The monoisotopic (exact) mass is 642 g/mol. The van der Waals surface area contributed by atoms with Crippen LogP contribution in [-0.4, -0.2) is 48.0 Å². The summed E-state index contributed by atoms with van der Waals surface area (Å²) in [7, 11) is 0. The first-order chi connectivity index (χ1) is 23.6. The van der Waals surface area contributed by atoms with Gasteiger partial charge in [-0.1, -0.05) is 103 Å². The van der Waals surface area contributed by atoms with Gasteiger partial charge in [0, 0.05) is 31.7 Å². The van der Waals surface area contributed by atoms with E-state index in [0.717, 1.165) is 36.5 Å². The van der Waals surface area contributed by atoms with Crippen molar-refractivity contribution in [1.82, 2.24) is 9.80 Å². The number of nitrogens with zero attached hydrogens (tertiary/aromatic N) is 2. The number of esters is 1. The van der Waals surface area contributed by atoms with Gasteiger partial charge in [-0.15, -0.1) is 0 Å². The summed E-state index contributed by atoms with van der Waals surface area (Å²) in [6.45, 7) is 5.39. The van der Waals surface area contributed by atoms with Gasteiger partial charge in [0.15, 0.2) is 0 Å². The molecule has 5 rings (SSSR count). The second-order valence-electron chi connectivity index (χ2n) is 11.4. The van der Waals surface area contributed by atoms with Gasteiger partial charge in [0.25, 0.3) is 5.91 Å². The Bertz CT molecular complexity index is 1640. The van der Waals surface area contributed by atoms with Gasteiger partial charge >= 0.3 is 5.97 Å². The van der Waals surface area contributed by atoms with Crippen molar-refractivity contribution >= 4 is 11.9 Å². The molecule has 0 heterocycles. The Morgan fingerprint density at radius 3 is 1.62 bits per heavy atom. The van der Waals surface area contributed by atoms with Crippen molar-refractivity contribution in [2.75, 3.05) is 26.3 Å². The molecule has 0 fully saturated rings. The van der Waals surface area contributed by atoms with Crippen LogP contribution in [-0.2, 0) is 35.8 Å². The molecule has 7 nitrogen and oxygen atoms in total. The molecule has 0 saturated carbocycles. The van der Waals surface area contributed by atoms with Crippen LogP contribution in [0.1, 0.15) is 39.5 Å². The molecule has 0 aliphatic heterocycles. The Balaban J connectivity index is 1.18. The standard InChI is InChI=1S/C41H42N2O5/c1-2-46-40(44)31-43(30-35-18-22-39(23-19-35)48-32-36-16-10-5-11-17-36)41(45)37-20-24-38(25-21-37)47-27-26-42(28-33-12-6-3-7-13-33)29-34-14-8-4-9-15-34/h3-25H,2,26-32H2,1H3. The van der Waals surface area contributed by atoms with E-state index < -0.39 is 5.97 Å². The molecular formula is C41H42N2O5. The zero-order chi connectivity index (χ0) is 33.4. The molecule has 48 heavy (non-hydrogen) atoms. The van der Waals surface area contributed by atoms with E-state index in [2.05, 4.69) is 53.4 Å². The fraction of sp³-hybridized carbons (Fsp3) is 0.220. The summed E-state index contributed by atoms with van der Waals surface area (Å²) in [5, 5.41) is 0. The number of benzene rings is 5. The van der Waals surface area contributed by atoms with Crippen molar-refractivity contribution in [1.29, 1.82) is 0 Å². The Morgan fingerprint density at radius 2 is 1.06 bits per heavy atom. The van der Waals surface area contributed by atoms with E-state index in [9.17, 15) is 9.59 Å². The highest BCUT2D eigenvalue weighted by Gasteiger charge is 2.20. The lowest BCUT2D eigenvalue weighted by Crippen LogP contribution is -2.36. The second kappa shape index (κ2) is 18.1. The Labute approximate surface area is 283 Å². The molecule has 7 heteroatoms. The number of rotatable bonds is 17. The quantitative estimate of drug-likeness (QED) is 0.0976. The fourth-order valence-corrected chi connectivity index (χ4v) is 5.28. The van der Waals surface area contributed by atoms with Crippen molar-refractivity contribution in [3.8, 4) is 11.5 Å². The number of hydrogen-bond acceptors (Lipinski definition) is 6. The van der Waals surface area contributed by atoms with E-state index in [1.165, 1.54) is 16.0 Å². The minimum atomic E-state index is -0.454. The molecule has 246 valence electrons. The van der Waals surface area contributed by atoms with Crippen LogP contribution in [0.3, 0.4) is 0 Å². The third-order valence-electron chi connectivity index (χ3n) is 7.73. The van der Waals surface area contributed by atoms with Crippen LogP contribution in [0.15, 0.2) is 140 Å². The van der Waals surface area contributed by atoms with Gasteiger partial charge in [0.05, 0.1) is 6.61 Å². The summed E-state index contributed by atoms with van der Waals surface area (Å²) in [6.07, 6.45) is 0. The van der Waals surface area contributed by atoms with Crippen LogP contribution in [0.2, 0.25) is 0 Å². The van der Waals surface area contributed by atoms with Gasteiger partial charge in [-0.2, -0.15) is 0 Å². The van der Waals surface area contributed by atoms with Gasteiger partial charge < -0.3 is 19.1 Å². The lowest BCUT2D eigenvalue weighted by Gasteiger charge is -2.23. The number of hydrogen-bond donors (Lipinski definition) is 0. The molecule has 0 atom stereocenters. The number of amides is 1. The van der Waals surface area contributed by atoms with Crippen molar-refractivity contribution in [3.05, 3.63) is 167 Å². The van der Waals surface area contributed by atoms with Crippen LogP contribution in [0, 0.1) is 0 Å². The molecule has 0 aliphatic rings. The highest BCUT2D eigenvalue weighted by molar-refractivity contribution is 5.96. The van der Waals surface area contributed by atoms with Crippen LogP contribution in [0.5, 0.6) is 11.5 Å². The van der Waals surface area contributed by atoms with Crippen LogP contribution in [0.25, 0.3) is 0 Å². The number of carbonyl (C=O) groups excluding carboxylic acids is 2. The van der Waals surface area contributed by atoms with E-state index in [1.807, 2.05) is 66.7 Å². The van der Waals surface area contributed by atoms with E-state index in [-0.39, 0.29) is 25.6 Å². The van der Waals surface area contributed by atoms with Crippen molar-refractivity contribution in [2.45, 2.75) is 33.2 Å². The van der Waals surface area contributed by atoms with E-state index in [1.54, 1.807) is 31.2 Å². The Kier molecular flexibility index (Phi) is 12.8. The smallest absolute Gasteiger partial charge is 0.325 e. The highest BCUT2D eigenvalue weighted by atomic mass is 16.5. The van der Waals surface area contributed by atoms with Crippen molar-refractivity contribution in [3.63, 3.8) is 0 Å². The first kappa shape index (κ1) is 33.9. The van der Waals surface area contributed by atoms with Gasteiger partial charge in [-0.05, 0) is 65.6 Å². The largest absolute Gasteiger partial charge is 0.492 e. The molecule has 0 N–H and O–H groups in total. The van der Waals surface area contributed by atoms with E-state index in [4.69, 9.17) is 14.2 Å². The number of carbonyl (C=O) groups is 2. The SMILES string of the molecule is CCOC(=O)CN(Cc1ccc(OCc2ccccc2)cc1)C(=O)c1ccc(OCCN(Cc2ccccc2)Cc2ccccc2)cc1. The zero-order valence-corrected chi connectivity index (χ0v) is 27.4. The maximum absolute atomic E-state index is 13.6. The topological polar surface area (TPSA) is 68.3 Å². The van der Waals surface area contributed by atoms with E-state index >= 15 is 0 Å². The van der Waals surface area contributed by atoms with Crippen LogP contribution >= 0.6 is 0 Å². The zero-order valence-electron chi connectivity index (χ0n) is 27.4. The molecule has 0 aliphatic carbocycles. The summed E-state index contributed by atoms with van der Waals surface area (Å²) in [4.78, 5) is 29.9. The van der Waals surface area contributed by atoms with Gasteiger partial charge in [0.1, 0.15) is 31.3 Å². The minimum Gasteiger partial charge on any atom is -0.492 e. The average molecular weight is 643 g/mol. The van der Waals surface area contributed by atoms with Crippen molar-refractivity contribution < 1.29 is 23.8 Å². The molecular weight excluding hydrogens is 600 g/mol. The lowest BCUT2D eigenvalue weighted by molar-refractivity contribution is -0.143. The Morgan fingerprint density at radius 1 is 0.562 bits per heavy atom. The molecule has 0 spiro atoms. The van der Waals surface area contributed by atoms with E-state index in [0.29, 0.717) is 24.5 Å². The van der Waals surface area contributed by atoms with Crippen LogP contribution in [0.4, 0.5) is 0 Å². The maximum Gasteiger partial charge on any atom is 0.325 e. The second-order valence-corrected chi connectivity index (χ2v) is 11.4. The third kappa shape index (κ3) is 10.9. The molecule has 0 unspecified atom stereocenters. The highest BCUT2D eigenvalue weighted by Crippen LogP contribution is 2.19.